The normalized spacial score (nSPS) is 31.4. The van der Waals surface area contributed by atoms with E-state index in [1.807, 2.05) is 0 Å². The van der Waals surface area contributed by atoms with Gasteiger partial charge in [0.05, 0.1) is 0 Å². The lowest BCUT2D eigenvalue weighted by atomic mass is 10.2. The summed E-state index contributed by atoms with van der Waals surface area (Å²) in [5, 5.41) is 3.60. The molecule has 0 spiro atoms. The summed E-state index contributed by atoms with van der Waals surface area (Å²) < 4.78 is 0. The molecular weight excluding hydrogens is 210 g/mol. The van der Waals surface area contributed by atoms with Crippen molar-refractivity contribution in [1.82, 2.24) is 15.1 Å². The summed E-state index contributed by atoms with van der Waals surface area (Å²) in [6.45, 7) is 9.10. The molecule has 1 unspecified atom stereocenters. The summed E-state index contributed by atoms with van der Waals surface area (Å²) in [7, 11) is 0. The molecule has 0 aromatic rings. The summed E-state index contributed by atoms with van der Waals surface area (Å²) in [5.74, 6) is 1.02. The van der Waals surface area contributed by atoms with Gasteiger partial charge in [-0.3, -0.25) is 4.90 Å². The fraction of sp³-hybridized carbons (Fsp3) is 1.00. The summed E-state index contributed by atoms with van der Waals surface area (Å²) >= 11 is 0. The Morgan fingerprint density at radius 3 is 2.59 bits per heavy atom. The number of rotatable bonds is 6. The molecule has 2 aliphatic heterocycles. The van der Waals surface area contributed by atoms with Crippen LogP contribution in [0.15, 0.2) is 0 Å². The second kappa shape index (κ2) is 5.68. The van der Waals surface area contributed by atoms with E-state index in [0.717, 1.165) is 12.0 Å². The van der Waals surface area contributed by atoms with E-state index >= 15 is 0 Å². The van der Waals surface area contributed by atoms with Crippen molar-refractivity contribution in [2.45, 2.75) is 38.1 Å². The standard InChI is InChI=1S/C14H27N3/c1-2-8-17(7-1)14-5-9-16(12-14)10-6-15-11-13-3-4-13/h13-15H,1-12H2. The van der Waals surface area contributed by atoms with E-state index in [1.165, 1.54) is 77.9 Å². The molecule has 0 aromatic carbocycles. The van der Waals surface area contributed by atoms with Gasteiger partial charge in [-0.25, -0.2) is 0 Å². The van der Waals surface area contributed by atoms with Crippen LogP contribution in [0.4, 0.5) is 0 Å². The van der Waals surface area contributed by atoms with Crippen LogP contribution in [0.25, 0.3) is 0 Å². The summed E-state index contributed by atoms with van der Waals surface area (Å²) in [4.78, 5) is 5.38. The van der Waals surface area contributed by atoms with Crippen LogP contribution in [0.5, 0.6) is 0 Å². The third-order valence-electron chi connectivity index (χ3n) is 4.64. The van der Waals surface area contributed by atoms with E-state index in [-0.39, 0.29) is 0 Å². The van der Waals surface area contributed by atoms with Crippen LogP contribution < -0.4 is 5.32 Å². The van der Waals surface area contributed by atoms with E-state index in [4.69, 9.17) is 0 Å². The Morgan fingerprint density at radius 2 is 1.82 bits per heavy atom. The van der Waals surface area contributed by atoms with Crippen LogP contribution in [0.1, 0.15) is 32.1 Å². The van der Waals surface area contributed by atoms with Crippen molar-refractivity contribution in [2.75, 3.05) is 45.8 Å². The average molecular weight is 237 g/mol. The van der Waals surface area contributed by atoms with Gasteiger partial charge in [0.1, 0.15) is 0 Å². The van der Waals surface area contributed by atoms with Gasteiger partial charge in [0.2, 0.25) is 0 Å². The highest BCUT2D eigenvalue weighted by Gasteiger charge is 2.28. The fourth-order valence-electron chi connectivity index (χ4n) is 3.29. The van der Waals surface area contributed by atoms with E-state index in [1.54, 1.807) is 0 Å². The van der Waals surface area contributed by atoms with Crippen LogP contribution in [-0.2, 0) is 0 Å². The van der Waals surface area contributed by atoms with Crippen molar-refractivity contribution in [3.05, 3.63) is 0 Å². The number of hydrogen-bond acceptors (Lipinski definition) is 3. The molecule has 1 aliphatic carbocycles. The maximum Gasteiger partial charge on any atom is 0.0235 e. The summed E-state index contributed by atoms with van der Waals surface area (Å²) in [6, 6.07) is 0.876. The molecule has 1 saturated carbocycles. The second-order valence-corrected chi connectivity index (χ2v) is 6.13. The molecule has 3 heteroatoms. The van der Waals surface area contributed by atoms with Gasteiger partial charge < -0.3 is 10.2 Å². The molecule has 3 fully saturated rings. The highest BCUT2D eigenvalue weighted by molar-refractivity contribution is 4.85. The SMILES string of the molecule is C1CCN(C2CCN(CCNCC3CC3)C2)C1. The maximum atomic E-state index is 3.60. The van der Waals surface area contributed by atoms with Crippen molar-refractivity contribution >= 4 is 0 Å². The lowest BCUT2D eigenvalue weighted by molar-refractivity contribution is 0.232. The zero-order valence-electron chi connectivity index (χ0n) is 11.0. The first-order valence-electron chi connectivity index (χ1n) is 7.59. The highest BCUT2D eigenvalue weighted by atomic mass is 15.3. The lowest BCUT2D eigenvalue weighted by Crippen LogP contribution is -2.37. The number of nitrogens with one attached hydrogen (secondary N) is 1. The van der Waals surface area contributed by atoms with Gasteiger partial charge in [0.15, 0.2) is 0 Å². The predicted octanol–water partition coefficient (Wildman–Crippen LogP) is 1.16. The Hall–Kier alpha value is -0.120. The Labute approximate surface area is 106 Å². The van der Waals surface area contributed by atoms with Gasteiger partial charge in [0, 0.05) is 25.7 Å². The van der Waals surface area contributed by atoms with Gasteiger partial charge in [-0.1, -0.05) is 0 Å². The molecular formula is C14H27N3. The van der Waals surface area contributed by atoms with Crippen molar-refractivity contribution in [3.63, 3.8) is 0 Å². The van der Waals surface area contributed by atoms with Crippen LogP contribution in [0, 0.1) is 5.92 Å². The van der Waals surface area contributed by atoms with Crippen molar-refractivity contribution in [3.8, 4) is 0 Å². The minimum atomic E-state index is 0.876. The molecule has 3 aliphatic rings. The highest BCUT2D eigenvalue weighted by Crippen LogP contribution is 2.27. The fourth-order valence-corrected chi connectivity index (χ4v) is 3.29. The first kappa shape index (κ1) is 11.9. The molecule has 2 saturated heterocycles. The summed E-state index contributed by atoms with van der Waals surface area (Å²) in [6.07, 6.45) is 7.20. The monoisotopic (exact) mass is 237 g/mol. The Balaban J connectivity index is 1.29. The number of hydrogen-bond donors (Lipinski definition) is 1. The van der Waals surface area contributed by atoms with Crippen molar-refractivity contribution in [1.29, 1.82) is 0 Å². The minimum absolute atomic E-state index is 0.876. The molecule has 1 atom stereocenters. The third-order valence-corrected chi connectivity index (χ3v) is 4.64. The number of nitrogens with zero attached hydrogens (tertiary/aromatic N) is 2. The molecule has 0 radical (unpaired) electrons. The molecule has 0 bridgehead atoms. The summed E-state index contributed by atoms with van der Waals surface area (Å²) in [5.41, 5.74) is 0. The van der Waals surface area contributed by atoms with Gasteiger partial charge in [-0.2, -0.15) is 0 Å². The van der Waals surface area contributed by atoms with E-state index in [0.29, 0.717) is 0 Å². The molecule has 98 valence electrons. The van der Waals surface area contributed by atoms with Gasteiger partial charge >= 0.3 is 0 Å². The van der Waals surface area contributed by atoms with Crippen molar-refractivity contribution < 1.29 is 0 Å². The Kier molecular flexibility index (Phi) is 3.99. The molecule has 2 heterocycles. The smallest absolute Gasteiger partial charge is 0.0235 e. The topological polar surface area (TPSA) is 18.5 Å². The molecule has 17 heavy (non-hydrogen) atoms. The third kappa shape index (κ3) is 3.43. The first-order chi connectivity index (χ1) is 8.42. The zero-order chi connectivity index (χ0) is 11.5. The van der Waals surface area contributed by atoms with Crippen molar-refractivity contribution in [2.24, 2.45) is 5.92 Å². The van der Waals surface area contributed by atoms with E-state index < -0.39 is 0 Å². The molecule has 0 aromatic heterocycles. The van der Waals surface area contributed by atoms with Crippen LogP contribution in [0.3, 0.4) is 0 Å². The molecule has 3 rings (SSSR count). The van der Waals surface area contributed by atoms with Gasteiger partial charge in [-0.15, -0.1) is 0 Å². The minimum Gasteiger partial charge on any atom is -0.315 e. The van der Waals surface area contributed by atoms with Crippen LogP contribution >= 0.6 is 0 Å². The predicted molar refractivity (Wildman–Crippen MR) is 71.2 cm³/mol. The van der Waals surface area contributed by atoms with E-state index in [2.05, 4.69) is 15.1 Å². The van der Waals surface area contributed by atoms with Gasteiger partial charge in [-0.05, 0) is 64.2 Å². The Bertz CT molecular complexity index is 234. The number of likely N-dealkylation sites (tertiary alicyclic amines) is 2. The largest absolute Gasteiger partial charge is 0.315 e. The lowest BCUT2D eigenvalue weighted by Gasteiger charge is -2.23. The second-order valence-electron chi connectivity index (χ2n) is 6.13. The van der Waals surface area contributed by atoms with Crippen LogP contribution in [-0.4, -0.2) is 61.7 Å². The van der Waals surface area contributed by atoms with E-state index in [9.17, 15) is 0 Å². The molecule has 1 N–H and O–H groups in total. The molecule has 3 nitrogen and oxygen atoms in total. The Morgan fingerprint density at radius 1 is 1.00 bits per heavy atom. The maximum absolute atomic E-state index is 3.60. The van der Waals surface area contributed by atoms with Gasteiger partial charge in [0.25, 0.3) is 0 Å². The zero-order valence-corrected chi connectivity index (χ0v) is 11.0. The first-order valence-corrected chi connectivity index (χ1v) is 7.59. The quantitative estimate of drug-likeness (QED) is 0.699. The average Bonchev–Trinajstić information content (AvgIpc) is 2.84. The van der Waals surface area contributed by atoms with Crippen LogP contribution in [0.2, 0.25) is 0 Å². The molecule has 0 amide bonds.